The molecule has 0 radical (unpaired) electrons. The number of rotatable bonds is 8. The van der Waals surface area contributed by atoms with Crippen molar-refractivity contribution in [3.8, 4) is 0 Å². The second-order valence-electron chi connectivity index (χ2n) is 6.92. The van der Waals surface area contributed by atoms with Crippen LogP contribution in [0.15, 0.2) is 72.9 Å². The van der Waals surface area contributed by atoms with Gasteiger partial charge in [-0.05, 0) is 48.6 Å². The number of hydrogen-bond acceptors (Lipinski definition) is 3. The molecule has 0 bridgehead atoms. The van der Waals surface area contributed by atoms with Gasteiger partial charge in [-0.15, -0.1) is 0 Å². The lowest BCUT2D eigenvalue weighted by atomic mass is 9.99. The summed E-state index contributed by atoms with van der Waals surface area (Å²) in [5.41, 5.74) is 3.93. The number of amides is 2. The summed E-state index contributed by atoms with van der Waals surface area (Å²) >= 11 is 0. The van der Waals surface area contributed by atoms with Gasteiger partial charge < -0.3 is 10.6 Å². The Bertz CT molecular complexity index is 953. The summed E-state index contributed by atoms with van der Waals surface area (Å²) in [5.74, 6) is 0.173. The number of carbonyl (C=O) groups excluding carboxylic acids is 2. The van der Waals surface area contributed by atoms with E-state index in [1.54, 1.807) is 12.3 Å². The number of anilines is 1. The maximum atomic E-state index is 12.6. The Morgan fingerprint density at radius 3 is 2.41 bits per heavy atom. The second kappa shape index (κ2) is 10.2. The Morgan fingerprint density at radius 2 is 1.66 bits per heavy atom. The average Bonchev–Trinajstić information content (AvgIpc) is 2.75. The Kier molecular flexibility index (Phi) is 7.11. The van der Waals surface area contributed by atoms with Crippen LogP contribution in [0.3, 0.4) is 0 Å². The molecule has 1 aromatic heterocycles. The van der Waals surface area contributed by atoms with Crippen molar-refractivity contribution in [1.29, 1.82) is 0 Å². The van der Waals surface area contributed by atoms with Gasteiger partial charge in [0, 0.05) is 24.7 Å². The van der Waals surface area contributed by atoms with Crippen molar-refractivity contribution in [2.45, 2.75) is 26.2 Å². The zero-order chi connectivity index (χ0) is 20.5. The van der Waals surface area contributed by atoms with Gasteiger partial charge in [0.25, 0.3) is 5.91 Å². The minimum absolute atomic E-state index is 0.157. The first-order chi connectivity index (χ1) is 14.1. The summed E-state index contributed by atoms with van der Waals surface area (Å²) in [6.07, 6.45) is 3.54. The topological polar surface area (TPSA) is 71.1 Å². The summed E-state index contributed by atoms with van der Waals surface area (Å²) in [4.78, 5) is 28.8. The molecule has 0 aliphatic carbocycles. The minimum atomic E-state index is -0.181. The standard InChI is InChI=1S/C24H25N3O2/c1-18-11-14-22(26-17-18)27-23(28)15-16-25-24(29)21-10-6-5-9-20(21)13-12-19-7-3-2-4-8-19/h2-11,14,17H,12-13,15-16H2,1H3,(H,25,29)(H,26,27,28). The van der Waals surface area contributed by atoms with Crippen LogP contribution in [0.25, 0.3) is 0 Å². The summed E-state index contributed by atoms with van der Waals surface area (Å²) in [6, 6.07) is 21.5. The van der Waals surface area contributed by atoms with Crippen molar-refractivity contribution in [1.82, 2.24) is 10.3 Å². The number of pyridine rings is 1. The van der Waals surface area contributed by atoms with Gasteiger partial charge in [-0.25, -0.2) is 4.98 Å². The molecule has 0 atom stereocenters. The van der Waals surface area contributed by atoms with Crippen molar-refractivity contribution < 1.29 is 9.59 Å². The maximum Gasteiger partial charge on any atom is 0.251 e. The van der Waals surface area contributed by atoms with Gasteiger partial charge in [0.2, 0.25) is 5.91 Å². The number of hydrogen-bond donors (Lipinski definition) is 2. The predicted octanol–water partition coefficient (Wildman–Crippen LogP) is 3.93. The summed E-state index contributed by atoms with van der Waals surface area (Å²) in [5, 5.41) is 5.57. The van der Waals surface area contributed by atoms with Crippen LogP contribution in [0.1, 0.15) is 33.5 Å². The molecule has 5 heteroatoms. The minimum Gasteiger partial charge on any atom is -0.352 e. The van der Waals surface area contributed by atoms with E-state index < -0.39 is 0 Å². The molecule has 1 heterocycles. The Balaban J connectivity index is 1.50. The molecule has 0 saturated heterocycles. The van der Waals surface area contributed by atoms with Gasteiger partial charge in [0.1, 0.15) is 5.82 Å². The zero-order valence-electron chi connectivity index (χ0n) is 16.5. The van der Waals surface area contributed by atoms with Crippen LogP contribution in [0, 0.1) is 6.92 Å². The molecule has 0 fully saturated rings. The van der Waals surface area contributed by atoms with E-state index in [-0.39, 0.29) is 24.8 Å². The Morgan fingerprint density at radius 1 is 0.897 bits per heavy atom. The van der Waals surface area contributed by atoms with Crippen molar-refractivity contribution in [2.75, 3.05) is 11.9 Å². The number of benzene rings is 2. The largest absolute Gasteiger partial charge is 0.352 e. The van der Waals surface area contributed by atoms with Gasteiger partial charge in [0.15, 0.2) is 0 Å². The van der Waals surface area contributed by atoms with E-state index in [1.165, 1.54) is 5.56 Å². The highest BCUT2D eigenvalue weighted by Crippen LogP contribution is 2.13. The number of nitrogens with zero attached hydrogens (tertiary/aromatic N) is 1. The molecule has 29 heavy (non-hydrogen) atoms. The number of aryl methyl sites for hydroxylation is 3. The van der Waals surface area contributed by atoms with E-state index in [2.05, 4.69) is 27.8 Å². The molecule has 148 valence electrons. The van der Waals surface area contributed by atoms with E-state index >= 15 is 0 Å². The summed E-state index contributed by atoms with van der Waals surface area (Å²) in [6.45, 7) is 2.20. The molecule has 0 unspecified atom stereocenters. The van der Waals surface area contributed by atoms with Crippen LogP contribution in [0.2, 0.25) is 0 Å². The molecular weight excluding hydrogens is 362 g/mol. The van der Waals surface area contributed by atoms with Crippen molar-refractivity contribution in [3.63, 3.8) is 0 Å². The van der Waals surface area contributed by atoms with Crippen molar-refractivity contribution in [2.24, 2.45) is 0 Å². The molecule has 3 aromatic rings. The van der Waals surface area contributed by atoms with Gasteiger partial charge in [-0.1, -0.05) is 54.6 Å². The third-order valence-corrected chi connectivity index (χ3v) is 4.60. The third-order valence-electron chi connectivity index (χ3n) is 4.60. The Labute approximate surface area is 171 Å². The normalized spacial score (nSPS) is 10.4. The molecule has 0 aliphatic heterocycles. The lowest BCUT2D eigenvalue weighted by Gasteiger charge is -2.10. The fraction of sp³-hybridized carbons (Fsp3) is 0.208. The first-order valence-electron chi connectivity index (χ1n) is 9.74. The van der Waals surface area contributed by atoms with Crippen LogP contribution in [-0.4, -0.2) is 23.3 Å². The fourth-order valence-corrected chi connectivity index (χ4v) is 3.02. The number of carbonyl (C=O) groups is 2. The molecule has 0 spiro atoms. The molecule has 5 nitrogen and oxygen atoms in total. The average molecular weight is 387 g/mol. The smallest absolute Gasteiger partial charge is 0.251 e. The van der Waals surface area contributed by atoms with Gasteiger partial charge in [-0.3, -0.25) is 9.59 Å². The van der Waals surface area contributed by atoms with Crippen LogP contribution in [0.5, 0.6) is 0 Å². The monoisotopic (exact) mass is 387 g/mol. The summed E-state index contributed by atoms with van der Waals surface area (Å²) in [7, 11) is 0. The van der Waals surface area contributed by atoms with E-state index in [1.807, 2.05) is 55.5 Å². The van der Waals surface area contributed by atoms with Crippen LogP contribution < -0.4 is 10.6 Å². The molecule has 2 N–H and O–H groups in total. The second-order valence-corrected chi connectivity index (χ2v) is 6.92. The van der Waals surface area contributed by atoms with Crippen molar-refractivity contribution >= 4 is 17.6 Å². The van der Waals surface area contributed by atoms with Gasteiger partial charge >= 0.3 is 0 Å². The SMILES string of the molecule is Cc1ccc(NC(=O)CCNC(=O)c2ccccc2CCc2ccccc2)nc1. The van der Waals surface area contributed by atoms with Crippen LogP contribution in [0.4, 0.5) is 5.82 Å². The molecular formula is C24H25N3O2. The van der Waals surface area contributed by atoms with Gasteiger partial charge in [0.05, 0.1) is 0 Å². The molecule has 2 aromatic carbocycles. The van der Waals surface area contributed by atoms with E-state index in [0.29, 0.717) is 11.4 Å². The first-order valence-corrected chi connectivity index (χ1v) is 9.74. The summed E-state index contributed by atoms with van der Waals surface area (Å²) < 4.78 is 0. The van der Waals surface area contributed by atoms with Crippen LogP contribution in [-0.2, 0) is 17.6 Å². The Hall–Kier alpha value is -3.47. The zero-order valence-corrected chi connectivity index (χ0v) is 16.5. The fourth-order valence-electron chi connectivity index (χ4n) is 3.02. The quantitative estimate of drug-likeness (QED) is 0.615. The molecule has 3 rings (SSSR count). The molecule has 0 saturated carbocycles. The first kappa shape index (κ1) is 20.3. The van der Waals surface area contributed by atoms with E-state index in [0.717, 1.165) is 24.0 Å². The lowest BCUT2D eigenvalue weighted by Crippen LogP contribution is -2.28. The van der Waals surface area contributed by atoms with Crippen LogP contribution >= 0.6 is 0 Å². The highest BCUT2D eigenvalue weighted by atomic mass is 16.2. The lowest BCUT2D eigenvalue weighted by molar-refractivity contribution is -0.116. The molecule has 0 aliphatic rings. The third kappa shape index (κ3) is 6.28. The number of nitrogens with one attached hydrogen (secondary N) is 2. The van der Waals surface area contributed by atoms with Crippen molar-refractivity contribution in [3.05, 3.63) is 95.2 Å². The van der Waals surface area contributed by atoms with Gasteiger partial charge in [-0.2, -0.15) is 0 Å². The highest BCUT2D eigenvalue weighted by molar-refractivity contribution is 5.96. The number of aromatic nitrogens is 1. The van der Waals surface area contributed by atoms with E-state index in [9.17, 15) is 9.59 Å². The predicted molar refractivity (Wildman–Crippen MR) is 115 cm³/mol. The molecule has 2 amide bonds. The van der Waals surface area contributed by atoms with E-state index in [4.69, 9.17) is 0 Å². The highest BCUT2D eigenvalue weighted by Gasteiger charge is 2.11. The maximum absolute atomic E-state index is 12.6.